The molecule has 116 valence electrons. The van der Waals surface area contributed by atoms with Crippen molar-refractivity contribution in [2.45, 2.75) is 25.8 Å². The molecule has 22 heavy (non-hydrogen) atoms. The molecule has 1 aromatic carbocycles. The molecule has 2 aliphatic heterocycles. The highest BCUT2D eigenvalue weighted by atomic mass is 15.3. The van der Waals surface area contributed by atoms with Gasteiger partial charge in [0.1, 0.15) is 0 Å². The first kappa shape index (κ1) is 14.0. The molecule has 4 nitrogen and oxygen atoms in total. The van der Waals surface area contributed by atoms with E-state index in [9.17, 15) is 0 Å². The van der Waals surface area contributed by atoms with Crippen molar-refractivity contribution in [1.82, 2.24) is 20.0 Å². The number of rotatable bonds is 3. The molecule has 3 heterocycles. The number of likely N-dealkylation sites (tertiary alicyclic amines) is 1. The number of piperidine rings is 1. The van der Waals surface area contributed by atoms with Crippen molar-refractivity contribution in [3.05, 3.63) is 48.3 Å². The average Bonchev–Trinajstić information content (AvgIpc) is 3.20. The van der Waals surface area contributed by atoms with Gasteiger partial charge in [0, 0.05) is 25.5 Å². The summed E-state index contributed by atoms with van der Waals surface area (Å²) < 4.78 is 1.93. The Labute approximate surface area is 132 Å². The van der Waals surface area contributed by atoms with E-state index in [0.29, 0.717) is 5.41 Å². The molecule has 2 aromatic rings. The number of aromatic nitrogens is 2. The summed E-state index contributed by atoms with van der Waals surface area (Å²) in [6, 6.07) is 10.7. The molecule has 0 radical (unpaired) electrons. The lowest BCUT2D eigenvalue weighted by Crippen LogP contribution is -2.38. The Morgan fingerprint density at radius 3 is 2.86 bits per heavy atom. The summed E-state index contributed by atoms with van der Waals surface area (Å²) in [6.45, 7) is 5.96. The lowest BCUT2D eigenvalue weighted by Gasteiger charge is -2.34. The van der Waals surface area contributed by atoms with Gasteiger partial charge in [-0.1, -0.05) is 12.1 Å². The average molecular weight is 296 g/mol. The van der Waals surface area contributed by atoms with Crippen molar-refractivity contribution in [2.75, 3.05) is 26.2 Å². The fourth-order valence-corrected chi connectivity index (χ4v) is 4.00. The highest BCUT2D eigenvalue weighted by Crippen LogP contribution is 2.39. The van der Waals surface area contributed by atoms with Crippen molar-refractivity contribution in [2.24, 2.45) is 5.41 Å². The largest absolute Gasteiger partial charge is 0.317 e. The summed E-state index contributed by atoms with van der Waals surface area (Å²) in [6.07, 6.45) is 7.88. The smallest absolute Gasteiger partial charge is 0.0648 e. The van der Waals surface area contributed by atoms with Crippen LogP contribution in [0.5, 0.6) is 0 Å². The lowest BCUT2D eigenvalue weighted by atomic mass is 9.78. The summed E-state index contributed by atoms with van der Waals surface area (Å²) in [5.74, 6) is 0. The monoisotopic (exact) mass is 296 g/mol. The van der Waals surface area contributed by atoms with Crippen LogP contribution >= 0.6 is 0 Å². The van der Waals surface area contributed by atoms with Gasteiger partial charge in [-0.3, -0.25) is 4.90 Å². The minimum atomic E-state index is 0.588. The normalized spacial score (nSPS) is 21.5. The third-order valence-corrected chi connectivity index (χ3v) is 5.27. The van der Waals surface area contributed by atoms with Gasteiger partial charge in [0.25, 0.3) is 0 Å². The first-order chi connectivity index (χ1) is 10.8. The number of nitrogens with one attached hydrogen (secondary N) is 1. The van der Waals surface area contributed by atoms with Crippen LogP contribution in [0.3, 0.4) is 0 Å². The summed E-state index contributed by atoms with van der Waals surface area (Å²) in [5, 5.41) is 7.82. The van der Waals surface area contributed by atoms with Crippen LogP contribution in [-0.2, 0) is 6.54 Å². The van der Waals surface area contributed by atoms with Crippen LogP contribution in [-0.4, -0.2) is 40.9 Å². The van der Waals surface area contributed by atoms with E-state index in [4.69, 9.17) is 0 Å². The summed E-state index contributed by atoms with van der Waals surface area (Å²) >= 11 is 0. The third kappa shape index (κ3) is 2.81. The van der Waals surface area contributed by atoms with Gasteiger partial charge in [-0.15, -0.1) is 0 Å². The molecular weight excluding hydrogens is 272 g/mol. The van der Waals surface area contributed by atoms with Crippen molar-refractivity contribution in [3.8, 4) is 5.69 Å². The summed E-state index contributed by atoms with van der Waals surface area (Å²) in [5.41, 5.74) is 3.13. The third-order valence-electron chi connectivity index (χ3n) is 5.27. The first-order valence-corrected chi connectivity index (χ1v) is 8.35. The van der Waals surface area contributed by atoms with E-state index in [1.807, 2.05) is 23.1 Å². The molecule has 4 rings (SSSR count). The molecule has 4 heteroatoms. The molecule has 0 amide bonds. The molecular formula is C18H24N4. The standard InChI is InChI=1S/C18H24N4/c1-3-16(13-17(4-1)22-11-2-8-20-22)14-21-12-7-18(15-21)5-9-19-10-6-18/h1-4,8,11,13,19H,5-7,9-10,12,14-15H2. The minimum Gasteiger partial charge on any atom is -0.317 e. The molecule has 0 unspecified atom stereocenters. The zero-order chi connectivity index (χ0) is 14.8. The van der Waals surface area contributed by atoms with Crippen LogP contribution in [0.15, 0.2) is 42.7 Å². The van der Waals surface area contributed by atoms with Gasteiger partial charge in [-0.25, -0.2) is 4.68 Å². The van der Waals surface area contributed by atoms with Crippen LogP contribution in [0, 0.1) is 5.41 Å². The molecule has 0 aliphatic carbocycles. The maximum Gasteiger partial charge on any atom is 0.0648 e. The van der Waals surface area contributed by atoms with E-state index in [1.54, 1.807) is 0 Å². The van der Waals surface area contributed by atoms with Gasteiger partial charge in [-0.2, -0.15) is 5.10 Å². The van der Waals surface area contributed by atoms with Gasteiger partial charge in [0.15, 0.2) is 0 Å². The molecule has 2 aliphatic rings. The molecule has 1 spiro atoms. The number of benzene rings is 1. The molecule has 2 fully saturated rings. The number of hydrogen-bond acceptors (Lipinski definition) is 3. The number of hydrogen-bond donors (Lipinski definition) is 1. The molecule has 1 aromatic heterocycles. The maximum absolute atomic E-state index is 4.32. The van der Waals surface area contributed by atoms with Crippen LogP contribution < -0.4 is 5.32 Å². The van der Waals surface area contributed by atoms with Crippen molar-refractivity contribution in [3.63, 3.8) is 0 Å². The van der Waals surface area contributed by atoms with E-state index >= 15 is 0 Å². The second-order valence-corrected chi connectivity index (χ2v) is 6.83. The van der Waals surface area contributed by atoms with Gasteiger partial charge >= 0.3 is 0 Å². The van der Waals surface area contributed by atoms with E-state index in [-0.39, 0.29) is 0 Å². The van der Waals surface area contributed by atoms with Crippen molar-refractivity contribution >= 4 is 0 Å². The Balaban J connectivity index is 1.45. The van der Waals surface area contributed by atoms with Crippen molar-refractivity contribution < 1.29 is 0 Å². The van der Waals surface area contributed by atoms with E-state index in [1.165, 1.54) is 51.0 Å². The molecule has 2 saturated heterocycles. The topological polar surface area (TPSA) is 33.1 Å². The quantitative estimate of drug-likeness (QED) is 0.944. The predicted octanol–water partition coefficient (Wildman–Crippen LogP) is 2.45. The Morgan fingerprint density at radius 1 is 1.14 bits per heavy atom. The van der Waals surface area contributed by atoms with Gasteiger partial charge < -0.3 is 5.32 Å². The Kier molecular flexibility index (Phi) is 3.72. The predicted molar refractivity (Wildman–Crippen MR) is 88.0 cm³/mol. The molecule has 1 N–H and O–H groups in total. The Morgan fingerprint density at radius 2 is 2.05 bits per heavy atom. The van der Waals surface area contributed by atoms with Crippen LogP contribution in [0.25, 0.3) is 5.69 Å². The highest BCUT2D eigenvalue weighted by Gasteiger charge is 2.38. The zero-order valence-corrected chi connectivity index (χ0v) is 13.0. The fraction of sp³-hybridized carbons (Fsp3) is 0.500. The fourth-order valence-electron chi connectivity index (χ4n) is 4.00. The molecule has 0 atom stereocenters. The first-order valence-electron chi connectivity index (χ1n) is 8.35. The highest BCUT2D eigenvalue weighted by molar-refractivity contribution is 5.35. The van der Waals surface area contributed by atoms with Crippen LogP contribution in [0.1, 0.15) is 24.8 Å². The maximum atomic E-state index is 4.32. The van der Waals surface area contributed by atoms with E-state index in [2.05, 4.69) is 39.6 Å². The van der Waals surface area contributed by atoms with Crippen molar-refractivity contribution in [1.29, 1.82) is 0 Å². The lowest BCUT2D eigenvalue weighted by molar-refractivity contribution is 0.194. The number of nitrogens with zero attached hydrogens (tertiary/aromatic N) is 3. The summed E-state index contributed by atoms with van der Waals surface area (Å²) in [4.78, 5) is 2.63. The van der Waals surface area contributed by atoms with E-state index < -0.39 is 0 Å². The molecule has 0 saturated carbocycles. The van der Waals surface area contributed by atoms with Gasteiger partial charge in [-0.05, 0) is 68.1 Å². The zero-order valence-electron chi connectivity index (χ0n) is 13.0. The molecule has 0 bridgehead atoms. The minimum absolute atomic E-state index is 0.588. The van der Waals surface area contributed by atoms with Gasteiger partial charge in [0.2, 0.25) is 0 Å². The van der Waals surface area contributed by atoms with E-state index in [0.717, 1.165) is 12.2 Å². The summed E-state index contributed by atoms with van der Waals surface area (Å²) in [7, 11) is 0. The Bertz CT molecular complexity index is 614. The van der Waals surface area contributed by atoms with Crippen LogP contribution in [0.4, 0.5) is 0 Å². The SMILES string of the molecule is c1cc(CN2CCC3(CCNCC3)C2)cc(-n2cccn2)c1. The van der Waals surface area contributed by atoms with Crippen LogP contribution in [0.2, 0.25) is 0 Å². The second-order valence-electron chi connectivity index (χ2n) is 6.83. The Hall–Kier alpha value is -1.65. The van der Waals surface area contributed by atoms with Gasteiger partial charge in [0.05, 0.1) is 5.69 Å². The second kappa shape index (κ2) is 5.86.